The summed E-state index contributed by atoms with van der Waals surface area (Å²) < 4.78 is 0. The minimum atomic E-state index is -0.350. The Morgan fingerprint density at radius 2 is 1.94 bits per heavy atom. The zero-order valence-corrected chi connectivity index (χ0v) is 20.4. The third-order valence-electron chi connectivity index (χ3n) is 4.19. The van der Waals surface area contributed by atoms with Crippen molar-refractivity contribution in [3.63, 3.8) is 0 Å². The van der Waals surface area contributed by atoms with Gasteiger partial charge in [-0.15, -0.1) is 10.2 Å². The Bertz CT molecular complexity index is 1250. The van der Waals surface area contributed by atoms with E-state index in [0.717, 1.165) is 9.90 Å². The van der Waals surface area contributed by atoms with Gasteiger partial charge in [0.15, 0.2) is 5.16 Å². The van der Waals surface area contributed by atoms with Gasteiger partial charge in [0.1, 0.15) is 10.7 Å². The third kappa shape index (κ3) is 6.07. The van der Waals surface area contributed by atoms with Crippen molar-refractivity contribution in [1.29, 1.82) is 0 Å². The van der Waals surface area contributed by atoms with Gasteiger partial charge in [-0.2, -0.15) is 0 Å². The largest absolute Gasteiger partial charge is 0.295 e. The van der Waals surface area contributed by atoms with Crippen LogP contribution in [-0.4, -0.2) is 26.1 Å². The van der Waals surface area contributed by atoms with Crippen LogP contribution in [0.5, 0.6) is 0 Å². The molecule has 1 N–H and O–H groups in total. The van der Waals surface area contributed by atoms with Gasteiger partial charge < -0.3 is 0 Å². The van der Waals surface area contributed by atoms with Gasteiger partial charge in [0.25, 0.3) is 5.91 Å². The summed E-state index contributed by atoms with van der Waals surface area (Å²) in [6, 6.07) is 15.7. The molecule has 0 atom stereocenters. The van der Waals surface area contributed by atoms with Gasteiger partial charge >= 0.3 is 0 Å². The number of aromatic nitrogens is 4. The van der Waals surface area contributed by atoms with Gasteiger partial charge in [0.2, 0.25) is 5.13 Å². The predicted octanol–water partition coefficient (Wildman–Crippen LogP) is 6.29. The highest BCUT2D eigenvalue weighted by Gasteiger charge is 2.18. The topological polar surface area (TPSA) is 80.7 Å². The molecule has 0 unspecified atom stereocenters. The fraction of sp³-hybridized carbons (Fsp3) is 0.136. The highest BCUT2D eigenvalue weighted by Crippen LogP contribution is 2.32. The first-order valence-corrected chi connectivity index (χ1v) is 12.6. The van der Waals surface area contributed by atoms with E-state index in [0.29, 0.717) is 31.7 Å². The Morgan fingerprint density at radius 3 is 2.66 bits per heavy atom. The predicted molar refractivity (Wildman–Crippen MR) is 131 cm³/mol. The second-order valence-corrected chi connectivity index (χ2v) is 10.5. The van der Waals surface area contributed by atoms with Crippen molar-refractivity contribution in [2.45, 2.75) is 34.5 Å². The number of thioether (sulfide) groups is 1. The number of benzene rings is 2. The SMILES string of the molecule is Cc1cccc(CSc2ncc(Sc3ccc(Cl)cc3)c(C(=O)Nc3nnc(C)s3)n2)c1. The second-order valence-electron chi connectivity index (χ2n) is 6.78. The number of rotatable bonds is 7. The van der Waals surface area contributed by atoms with Gasteiger partial charge in [-0.25, -0.2) is 9.97 Å². The number of anilines is 1. The quantitative estimate of drug-likeness (QED) is 0.236. The molecule has 6 nitrogen and oxygen atoms in total. The van der Waals surface area contributed by atoms with E-state index in [9.17, 15) is 4.79 Å². The molecule has 2 heterocycles. The van der Waals surface area contributed by atoms with Crippen LogP contribution in [0.25, 0.3) is 0 Å². The summed E-state index contributed by atoms with van der Waals surface area (Å²) in [6.07, 6.45) is 1.69. The van der Waals surface area contributed by atoms with Gasteiger partial charge in [-0.3, -0.25) is 10.1 Å². The Balaban J connectivity index is 1.59. The van der Waals surface area contributed by atoms with E-state index in [2.05, 4.69) is 50.6 Å². The van der Waals surface area contributed by atoms with Crippen LogP contribution in [-0.2, 0) is 5.75 Å². The highest BCUT2D eigenvalue weighted by molar-refractivity contribution is 7.99. The molecule has 1 amide bonds. The van der Waals surface area contributed by atoms with E-state index < -0.39 is 0 Å². The maximum Gasteiger partial charge on any atom is 0.277 e. The Kier molecular flexibility index (Phi) is 7.41. The van der Waals surface area contributed by atoms with Crippen LogP contribution in [0.1, 0.15) is 26.6 Å². The number of nitrogens with zero attached hydrogens (tertiary/aromatic N) is 4. The minimum Gasteiger partial charge on any atom is -0.295 e. The Morgan fingerprint density at radius 1 is 1.12 bits per heavy atom. The third-order valence-corrected chi connectivity index (χ3v) is 7.15. The molecule has 2 aromatic heterocycles. The summed E-state index contributed by atoms with van der Waals surface area (Å²) in [6.45, 7) is 3.89. The number of hydrogen-bond acceptors (Lipinski definition) is 8. The van der Waals surface area contributed by atoms with Crippen LogP contribution in [0.3, 0.4) is 0 Å². The Hall–Kier alpha value is -2.46. The van der Waals surface area contributed by atoms with E-state index in [1.165, 1.54) is 46.0 Å². The molecule has 0 radical (unpaired) electrons. The van der Waals surface area contributed by atoms with Crippen LogP contribution in [0.15, 0.2) is 69.7 Å². The molecule has 0 spiro atoms. The van der Waals surface area contributed by atoms with E-state index in [1.54, 1.807) is 18.3 Å². The van der Waals surface area contributed by atoms with E-state index in [4.69, 9.17) is 11.6 Å². The molecule has 0 saturated carbocycles. The average molecular weight is 500 g/mol. The van der Waals surface area contributed by atoms with Crippen LogP contribution >= 0.6 is 46.5 Å². The molecular weight excluding hydrogens is 482 g/mol. The molecule has 4 aromatic rings. The summed E-state index contributed by atoms with van der Waals surface area (Å²) >= 11 is 10.2. The maximum atomic E-state index is 13.1. The average Bonchev–Trinajstić information content (AvgIpc) is 3.19. The lowest BCUT2D eigenvalue weighted by Gasteiger charge is -2.10. The van der Waals surface area contributed by atoms with Crippen molar-refractivity contribution >= 4 is 57.5 Å². The first kappa shape index (κ1) is 22.7. The number of aryl methyl sites for hydroxylation is 2. The van der Waals surface area contributed by atoms with Crippen molar-refractivity contribution in [3.8, 4) is 0 Å². The van der Waals surface area contributed by atoms with Gasteiger partial charge in [0, 0.05) is 21.9 Å². The van der Waals surface area contributed by atoms with Gasteiger partial charge in [-0.05, 0) is 43.7 Å². The zero-order valence-electron chi connectivity index (χ0n) is 17.2. The van der Waals surface area contributed by atoms with Gasteiger partial charge in [-0.1, -0.05) is 76.3 Å². The van der Waals surface area contributed by atoms with Crippen molar-refractivity contribution in [3.05, 3.63) is 81.6 Å². The van der Waals surface area contributed by atoms with Crippen LogP contribution in [0, 0.1) is 13.8 Å². The zero-order chi connectivity index (χ0) is 22.5. The Labute approximate surface area is 203 Å². The van der Waals surface area contributed by atoms with Crippen molar-refractivity contribution < 1.29 is 4.79 Å². The fourth-order valence-electron chi connectivity index (χ4n) is 2.74. The number of amides is 1. The first-order valence-electron chi connectivity index (χ1n) is 9.56. The van der Waals surface area contributed by atoms with Crippen LogP contribution in [0.4, 0.5) is 5.13 Å². The van der Waals surface area contributed by atoms with Crippen molar-refractivity contribution in [2.75, 3.05) is 5.32 Å². The van der Waals surface area contributed by atoms with E-state index in [1.807, 2.05) is 25.1 Å². The summed E-state index contributed by atoms with van der Waals surface area (Å²) in [5.41, 5.74) is 2.67. The molecule has 0 bridgehead atoms. The molecule has 32 heavy (non-hydrogen) atoms. The fourth-order valence-corrected chi connectivity index (χ4v) is 5.08. The molecule has 162 valence electrons. The molecule has 0 aliphatic heterocycles. The van der Waals surface area contributed by atoms with E-state index in [-0.39, 0.29) is 5.91 Å². The van der Waals surface area contributed by atoms with Crippen molar-refractivity contribution in [1.82, 2.24) is 20.2 Å². The number of hydrogen-bond donors (Lipinski definition) is 1. The summed E-state index contributed by atoms with van der Waals surface area (Å²) in [4.78, 5) is 23.7. The molecular formula is C22H18ClN5OS3. The lowest BCUT2D eigenvalue weighted by Crippen LogP contribution is -2.15. The van der Waals surface area contributed by atoms with Gasteiger partial charge in [0.05, 0.1) is 4.90 Å². The normalized spacial score (nSPS) is 10.8. The molecule has 4 rings (SSSR count). The standard InChI is InChI=1S/C22H18ClN5OS3/c1-13-4-3-5-15(10-13)12-30-21-24-11-18(32-17-8-6-16(23)7-9-17)19(25-21)20(29)26-22-28-27-14(2)31-22/h3-11H,12H2,1-2H3,(H,26,28,29). The van der Waals surface area contributed by atoms with Crippen molar-refractivity contribution in [2.24, 2.45) is 0 Å². The number of halogens is 1. The lowest BCUT2D eigenvalue weighted by atomic mass is 10.2. The maximum absolute atomic E-state index is 13.1. The summed E-state index contributed by atoms with van der Waals surface area (Å²) in [5.74, 6) is 0.361. The molecule has 0 fully saturated rings. The van der Waals surface area contributed by atoms with Crippen LogP contribution in [0.2, 0.25) is 5.02 Å². The summed E-state index contributed by atoms with van der Waals surface area (Å²) in [5, 5.41) is 13.1. The number of carbonyl (C=O) groups excluding carboxylic acids is 1. The smallest absolute Gasteiger partial charge is 0.277 e. The van der Waals surface area contributed by atoms with Crippen LogP contribution < -0.4 is 5.32 Å². The molecule has 2 aromatic carbocycles. The monoisotopic (exact) mass is 499 g/mol. The second kappa shape index (κ2) is 10.4. The molecule has 0 aliphatic carbocycles. The molecule has 0 saturated heterocycles. The van der Waals surface area contributed by atoms with E-state index >= 15 is 0 Å². The lowest BCUT2D eigenvalue weighted by molar-refractivity contribution is 0.101. The number of nitrogens with one attached hydrogen (secondary N) is 1. The summed E-state index contributed by atoms with van der Waals surface area (Å²) in [7, 11) is 0. The minimum absolute atomic E-state index is 0.291. The first-order chi connectivity index (χ1) is 15.5. The number of carbonyl (C=O) groups is 1. The molecule has 10 heteroatoms. The highest BCUT2D eigenvalue weighted by atomic mass is 35.5. The molecule has 0 aliphatic rings.